The number of hydrogen-bond donors (Lipinski definition) is 1. The van der Waals surface area contributed by atoms with E-state index in [0.717, 1.165) is 12.1 Å². The van der Waals surface area contributed by atoms with Gasteiger partial charge in [-0.3, -0.25) is 0 Å². The summed E-state index contributed by atoms with van der Waals surface area (Å²) < 4.78 is 59.4. The Hall–Kier alpha value is -1.24. The molecule has 0 spiro atoms. The highest BCUT2D eigenvalue weighted by molar-refractivity contribution is 7.71. The second-order valence-electron chi connectivity index (χ2n) is 2.68. The van der Waals surface area contributed by atoms with E-state index in [4.69, 9.17) is 0 Å². The van der Waals surface area contributed by atoms with Gasteiger partial charge in [-0.15, -0.1) is 13.2 Å². The van der Waals surface area contributed by atoms with Gasteiger partial charge in [-0.25, -0.2) is 8.42 Å². The summed E-state index contributed by atoms with van der Waals surface area (Å²) in [5.41, 5.74) is 0.417. The minimum Gasteiger partial charge on any atom is -0.406 e. The van der Waals surface area contributed by atoms with E-state index in [-0.39, 0.29) is 11.5 Å². The first-order valence-electron chi connectivity index (χ1n) is 3.83. The van der Waals surface area contributed by atoms with E-state index in [1.807, 2.05) is 0 Å². The normalized spacial score (nSPS) is 11.7. The van der Waals surface area contributed by atoms with Crippen molar-refractivity contribution in [1.82, 2.24) is 0 Å². The fraction of sp³-hybridized carbons (Fsp3) is 0.250. The van der Waals surface area contributed by atoms with Gasteiger partial charge >= 0.3 is 6.36 Å². The number of ether oxygens (including phenoxy) is 1. The van der Waals surface area contributed by atoms with Gasteiger partial charge < -0.3 is 4.74 Å². The van der Waals surface area contributed by atoms with Crippen molar-refractivity contribution in [2.24, 2.45) is 0 Å². The molecule has 3 nitrogen and oxygen atoms in total. The summed E-state index contributed by atoms with van der Waals surface area (Å²) >= 11 is 0. The monoisotopic (exact) mass is 240 g/mol. The van der Waals surface area contributed by atoms with Crippen LogP contribution in [-0.2, 0) is 16.5 Å². The third-order valence-electron chi connectivity index (χ3n) is 1.47. The highest BCUT2D eigenvalue weighted by Gasteiger charge is 2.30. The van der Waals surface area contributed by atoms with E-state index in [1.165, 1.54) is 12.1 Å². The standard InChI is InChI=1S/C8H7F3O3S/c9-8(10,11)14-7-3-1-6(2-4-7)5-15(12)13/h1-4,15H,5H2. The molecule has 0 amide bonds. The number of benzene rings is 1. The molecule has 0 heterocycles. The summed E-state index contributed by atoms with van der Waals surface area (Å²) in [6.45, 7) is 0. The predicted octanol–water partition coefficient (Wildman–Crippen LogP) is 1.70. The highest BCUT2D eigenvalue weighted by Crippen LogP contribution is 2.22. The summed E-state index contributed by atoms with van der Waals surface area (Å²) in [6.07, 6.45) is -4.73. The first-order chi connectivity index (χ1) is 6.87. The van der Waals surface area contributed by atoms with E-state index >= 15 is 0 Å². The van der Waals surface area contributed by atoms with Gasteiger partial charge in [0.05, 0.1) is 5.75 Å². The molecular weight excluding hydrogens is 233 g/mol. The van der Waals surface area contributed by atoms with E-state index in [0.29, 0.717) is 5.56 Å². The minimum atomic E-state index is -4.73. The van der Waals surface area contributed by atoms with Gasteiger partial charge in [0, 0.05) is 0 Å². The van der Waals surface area contributed by atoms with Crippen molar-refractivity contribution in [2.75, 3.05) is 0 Å². The number of alkyl halides is 3. The van der Waals surface area contributed by atoms with Gasteiger partial charge in [-0.05, 0) is 17.7 Å². The zero-order chi connectivity index (χ0) is 11.5. The van der Waals surface area contributed by atoms with Crippen LogP contribution in [0.5, 0.6) is 5.75 Å². The van der Waals surface area contributed by atoms with Crippen LogP contribution in [0.15, 0.2) is 24.3 Å². The van der Waals surface area contributed by atoms with Gasteiger partial charge in [-0.2, -0.15) is 0 Å². The van der Waals surface area contributed by atoms with E-state index < -0.39 is 17.1 Å². The molecule has 0 atom stereocenters. The molecule has 0 saturated heterocycles. The van der Waals surface area contributed by atoms with Crippen LogP contribution in [0.1, 0.15) is 5.56 Å². The Labute approximate surface area is 85.4 Å². The molecular formula is C8H7F3O3S. The van der Waals surface area contributed by atoms with Crippen LogP contribution in [-0.4, -0.2) is 14.8 Å². The number of hydrogen-bond acceptors (Lipinski definition) is 3. The van der Waals surface area contributed by atoms with Crippen molar-refractivity contribution in [2.45, 2.75) is 12.1 Å². The van der Waals surface area contributed by atoms with Crippen LogP contribution < -0.4 is 4.74 Å². The largest absolute Gasteiger partial charge is 0.573 e. The summed E-state index contributed by atoms with van der Waals surface area (Å²) in [5.74, 6) is -0.561. The third-order valence-corrected chi connectivity index (χ3v) is 2.09. The summed E-state index contributed by atoms with van der Waals surface area (Å²) in [7, 11) is -2.58. The molecule has 0 unspecified atom stereocenters. The molecule has 0 aliphatic heterocycles. The number of thiol groups is 1. The van der Waals surface area contributed by atoms with Crippen molar-refractivity contribution in [3.05, 3.63) is 29.8 Å². The second-order valence-corrected chi connectivity index (χ2v) is 3.66. The molecule has 15 heavy (non-hydrogen) atoms. The Morgan fingerprint density at radius 3 is 2.07 bits per heavy atom. The van der Waals surface area contributed by atoms with Crippen molar-refractivity contribution in [1.29, 1.82) is 0 Å². The molecule has 1 aromatic carbocycles. The molecule has 0 radical (unpaired) electrons. The van der Waals surface area contributed by atoms with Crippen LogP contribution in [0.3, 0.4) is 0 Å². The van der Waals surface area contributed by atoms with Gasteiger partial charge in [0.25, 0.3) is 0 Å². The van der Waals surface area contributed by atoms with Crippen molar-refractivity contribution in [3.63, 3.8) is 0 Å². The topological polar surface area (TPSA) is 43.4 Å². The van der Waals surface area contributed by atoms with Crippen LogP contribution in [0.2, 0.25) is 0 Å². The van der Waals surface area contributed by atoms with E-state index in [2.05, 4.69) is 4.74 Å². The number of rotatable bonds is 3. The SMILES string of the molecule is O=[SH](=O)Cc1ccc(OC(F)(F)F)cc1. The summed E-state index contributed by atoms with van der Waals surface area (Å²) in [4.78, 5) is 0. The van der Waals surface area contributed by atoms with Gasteiger partial charge in [0.1, 0.15) is 16.5 Å². The molecule has 0 saturated carbocycles. The molecule has 0 fully saturated rings. The fourth-order valence-corrected chi connectivity index (χ4v) is 1.45. The lowest BCUT2D eigenvalue weighted by Gasteiger charge is -2.08. The fourth-order valence-electron chi connectivity index (χ4n) is 0.946. The first kappa shape index (κ1) is 11.8. The summed E-state index contributed by atoms with van der Waals surface area (Å²) in [6, 6.07) is 4.68. The second kappa shape index (κ2) is 4.52. The lowest BCUT2D eigenvalue weighted by atomic mass is 10.2. The zero-order valence-electron chi connectivity index (χ0n) is 7.32. The van der Waals surface area contributed by atoms with E-state index in [1.54, 1.807) is 0 Å². The van der Waals surface area contributed by atoms with Crippen LogP contribution in [0, 0.1) is 0 Å². The van der Waals surface area contributed by atoms with Crippen molar-refractivity contribution >= 4 is 10.7 Å². The minimum absolute atomic E-state index is 0.193. The molecule has 0 bridgehead atoms. The average Bonchev–Trinajstić information content (AvgIpc) is 2.05. The molecule has 1 rings (SSSR count). The maximum Gasteiger partial charge on any atom is 0.573 e. The molecule has 84 valence electrons. The molecule has 0 N–H and O–H groups in total. The molecule has 0 aliphatic carbocycles. The molecule has 0 aromatic heterocycles. The Kier molecular flexibility index (Phi) is 3.57. The van der Waals surface area contributed by atoms with Crippen LogP contribution >= 0.6 is 0 Å². The maximum atomic E-state index is 11.7. The van der Waals surface area contributed by atoms with E-state index in [9.17, 15) is 21.6 Å². The lowest BCUT2D eigenvalue weighted by Crippen LogP contribution is -2.17. The predicted molar refractivity (Wildman–Crippen MR) is 47.1 cm³/mol. The Balaban J connectivity index is 2.72. The Morgan fingerprint density at radius 1 is 1.13 bits per heavy atom. The van der Waals surface area contributed by atoms with Crippen molar-refractivity contribution < 1.29 is 26.3 Å². The maximum absolute atomic E-state index is 11.7. The van der Waals surface area contributed by atoms with Gasteiger partial charge in [0.15, 0.2) is 0 Å². The quantitative estimate of drug-likeness (QED) is 0.818. The Morgan fingerprint density at radius 2 is 1.67 bits per heavy atom. The average molecular weight is 240 g/mol. The van der Waals surface area contributed by atoms with Gasteiger partial charge in [-0.1, -0.05) is 12.1 Å². The number of halogens is 3. The highest BCUT2D eigenvalue weighted by atomic mass is 32.2. The van der Waals surface area contributed by atoms with Crippen LogP contribution in [0.25, 0.3) is 0 Å². The molecule has 1 aromatic rings. The molecule has 0 aliphatic rings. The molecule has 7 heteroatoms. The summed E-state index contributed by atoms with van der Waals surface area (Å²) in [5, 5.41) is 0. The lowest BCUT2D eigenvalue weighted by molar-refractivity contribution is -0.274. The van der Waals surface area contributed by atoms with Crippen LogP contribution in [0.4, 0.5) is 13.2 Å². The van der Waals surface area contributed by atoms with Crippen molar-refractivity contribution in [3.8, 4) is 5.75 Å². The zero-order valence-corrected chi connectivity index (χ0v) is 8.22. The first-order valence-corrected chi connectivity index (χ1v) is 5.19. The third kappa shape index (κ3) is 4.68. The van der Waals surface area contributed by atoms with Gasteiger partial charge in [0.2, 0.25) is 0 Å². The smallest absolute Gasteiger partial charge is 0.406 e. The Bertz CT molecular complexity index is 387.